The van der Waals surface area contributed by atoms with Gasteiger partial charge in [-0.1, -0.05) is 30.3 Å². The molecule has 0 aliphatic carbocycles. The smallest absolute Gasteiger partial charge is 0.235 e. The highest BCUT2D eigenvalue weighted by atomic mass is 32.2. The van der Waals surface area contributed by atoms with E-state index in [1.165, 1.54) is 5.56 Å². The first-order valence-corrected chi connectivity index (χ1v) is 7.47. The van der Waals surface area contributed by atoms with Crippen LogP contribution < -0.4 is 5.32 Å². The molecule has 0 spiro atoms. The van der Waals surface area contributed by atoms with E-state index in [1.54, 1.807) is 11.8 Å². The fraction of sp³-hybridized carbons (Fsp3) is 0.500. The summed E-state index contributed by atoms with van der Waals surface area (Å²) >= 11 is 1.72. The molecule has 4 heteroatoms. The monoisotopic (exact) mass is 264 g/mol. The van der Waals surface area contributed by atoms with E-state index in [2.05, 4.69) is 17.4 Å². The summed E-state index contributed by atoms with van der Waals surface area (Å²) in [5.41, 5.74) is 1.28. The first kappa shape index (κ1) is 13.4. The molecule has 1 saturated heterocycles. The molecule has 18 heavy (non-hydrogen) atoms. The molecular formula is C14H20N2OS. The third-order valence-electron chi connectivity index (χ3n) is 3.12. The van der Waals surface area contributed by atoms with Gasteiger partial charge < -0.3 is 10.2 Å². The Labute approximate surface area is 113 Å². The number of benzene rings is 1. The largest absolute Gasteiger partial charge is 0.339 e. The number of hydrogen-bond acceptors (Lipinski definition) is 3. The highest BCUT2D eigenvalue weighted by Gasteiger charge is 2.21. The molecule has 1 unspecified atom stereocenters. The molecule has 1 aliphatic rings. The fourth-order valence-corrected chi connectivity index (χ4v) is 2.94. The topological polar surface area (TPSA) is 32.3 Å². The second kappa shape index (κ2) is 6.81. The molecule has 0 bridgehead atoms. The maximum absolute atomic E-state index is 12.2. The minimum Gasteiger partial charge on any atom is -0.339 e. The van der Waals surface area contributed by atoms with Crippen molar-refractivity contribution in [1.29, 1.82) is 0 Å². The van der Waals surface area contributed by atoms with Crippen LogP contribution in [0.3, 0.4) is 0 Å². The maximum atomic E-state index is 12.2. The molecule has 1 amide bonds. The lowest BCUT2D eigenvalue weighted by atomic mass is 10.2. The molecular weight excluding hydrogens is 244 g/mol. The molecule has 98 valence electrons. The van der Waals surface area contributed by atoms with Crippen molar-refractivity contribution in [3.8, 4) is 0 Å². The zero-order valence-corrected chi connectivity index (χ0v) is 11.6. The van der Waals surface area contributed by atoms with Crippen LogP contribution in [0.5, 0.6) is 0 Å². The van der Waals surface area contributed by atoms with Gasteiger partial charge in [-0.2, -0.15) is 0 Å². The van der Waals surface area contributed by atoms with Gasteiger partial charge in [0.15, 0.2) is 0 Å². The quantitative estimate of drug-likeness (QED) is 0.899. The van der Waals surface area contributed by atoms with E-state index < -0.39 is 0 Å². The third-order valence-corrected chi connectivity index (χ3v) is 4.32. The van der Waals surface area contributed by atoms with Crippen LogP contribution in [0.4, 0.5) is 0 Å². The van der Waals surface area contributed by atoms with Gasteiger partial charge in [-0.25, -0.2) is 0 Å². The Kier molecular flexibility index (Phi) is 5.08. The normalized spacial score (nSPS) is 17.5. The van der Waals surface area contributed by atoms with Crippen molar-refractivity contribution in [3.05, 3.63) is 35.9 Å². The van der Waals surface area contributed by atoms with Gasteiger partial charge >= 0.3 is 0 Å². The number of hydrogen-bond donors (Lipinski definition) is 1. The van der Waals surface area contributed by atoms with Crippen molar-refractivity contribution in [2.24, 2.45) is 0 Å². The number of carbonyl (C=O) groups is 1. The Bertz CT molecular complexity index is 377. The molecule has 0 saturated carbocycles. The van der Waals surface area contributed by atoms with Crippen molar-refractivity contribution in [3.63, 3.8) is 0 Å². The van der Waals surface area contributed by atoms with Gasteiger partial charge in [-0.3, -0.25) is 4.79 Å². The minimum atomic E-state index is 0.0447. The Morgan fingerprint density at radius 2 is 2.00 bits per heavy atom. The molecule has 0 aromatic heterocycles. The zero-order valence-electron chi connectivity index (χ0n) is 10.8. The molecule has 1 atom stereocenters. The standard InChI is InChI=1S/C14H20N2OS/c1-12(14(17)16-9-7-15-8-10-16)18-11-13-5-3-2-4-6-13/h2-6,12,15H,7-11H2,1H3. The Morgan fingerprint density at radius 3 is 2.67 bits per heavy atom. The summed E-state index contributed by atoms with van der Waals surface area (Å²) in [7, 11) is 0. The summed E-state index contributed by atoms with van der Waals surface area (Å²) in [6.07, 6.45) is 0. The van der Waals surface area contributed by atoms with Gasteiger partial charge in [0.1, 0.15) is 0 Å². The fourth-order valence-electron chi connectivity index (χ4n) is 2.01. The Morgan fingerprint density at radius 1 is 1.33 bits per heavy atom. The van der Waals surface area contributed by atoms with Crippen LogP contribution in [0.1, 0.15) is 12.5 Å². The number of piperazine rings is 1. The summed E-state index contributed by atoms with van der Waals surface area (Å²) < 4.78 is 0. The number of carbonyl (C=O) groups excluding carboxylic acids is 1. The summed E-state index contributed by atoms with van der Waals surface area (Å²) in [6, 6.07) is 10.3. The van der Waals surface area contributed by atoms with E-state index in [4.69, 9.17) is 0 Å². The van der Waals surface area contributed by atoms with Crippen LogP contribution in [0.25, 0.3) is 0 Å². The van der Waals surface area contributed by atoms with Crippen molar-refractivity contribution in [2.45, 2.75) is 17.9 Å². The van der Waals surface area contributed by atoms with E-state index in [9.17, 15) is 4.79 Å². The van der Waals surface area contributed by atoms with Crippen LogP contribution in [-0.4, -0.2) is 42.2 Å². The molecule has 2 rings (SSSR count). The summed E-state index contributed by atoms with van der Waals surface area (Å²) in [5, 5.41) is 3.31. The zero-order chi connectivity index (χ0) is 12.8. The van der Waals surface area contributed by atoms with Gasteiger partial charge in [0.2, 0.25) is 5.91 Å². The Balaban J connectivity index is 1.80. The molecule has 1 fully saturated rings. The number of rotatable bonds is 4. The molecule has 3 nitrogen and oxygen atoms in total. The summed E-state index contributed by atoms with van der Waals surface area (Å²) in [5.74, 6) is 1.18. The summed E-state index contributed by atoms with van der Waals surface area (Å²) in [4.78, 5) is 14.2. The summed E-state index contributed by atoms with van der Waals surface area (Å²) in [6.45, 7) is 5.53. The number of nitrogens with zero attached hydrogens (tertiary/aromatic N) is 1. The van der Waals surface area contributed by atoms with Gasteiger partial charge in [0.05, 0.1) is 5.25 Å². The van der Waals surface area contributed by atoms with E-state index in [-0.39, 0.29) is 11.2 Å². The SMILES string of the molecule is CC(SCc1ccccc1)C(=O)N1CCNCC1. The minimum absolute atomic E-state index is 0.0447. The molecule has 1 aromatic carbocycles. The lowest BCUT2D eigenvalue weighted by Gasteiger charge is -2.29. The van der Waals surface area contributed by atoms with Crippen LogP contribution >= 0.6 is 11.8 Å². The van der Waals surface area contributed by atoms with Crippen LogP contribution in [0, 0.1) is 0 Å². The highest BCUT2D eigenvalue weighted by molar-refractivity contribution is 7.99. The lowest BCUT2D eigenvalue weighted by molar-refractivity contribution is -0.130. The average Bonchev–Trinajstić information content (AvgIpc) is 2.46. The molecule has 0 radical (unpaired) electrons. The van der Waals surface area contributed by atoms with Crippen molar-refractivity contribution in [2.75, 3.05) is 26.2 Å². The van der Waals surface area contributed by atoms with Gasteiger partial charge in [-0.05, 0) is 12.5 Å². The molecule has 1 N–H and O–H groups in total. The predicted octanol–water partition coefficient (Wildman–Crippen LogP) is 1.74. The van der Waals surface area contributed by atoms with Crippen molar-refractivity contribution in [1.82, 2.24) is 10.2 Å². The first-order chi connectivity index (χ1) is 8.77. The van der Waals surface area contributed by atoms with Crippen molar-refractivity contribution >= 4 is 17.7 Å². The van der Waals surface area contributed by atoms with Crippen molar-refractivity contribution < 1.29 is 4.79 Å². The van der Waals surface area contributed by atoms with Gasteiger partial charge in [-0.15, -0.1) is 11.8 Å². The number of amides is 1. The molecule has 1 aromatic rings. The molecule has 1 aliphatic heterocycles. The van der Waals surface area contributed by atoms with E-state index in [0.717, 1.165) is 31.9 Å². The molecule has 1 heterocycles. The predicted molar refractivity (Wildman–Crippen MR) is 76.6 cm³/mol. The number of thioether (sulfide) groups is 1. The second-order valence-electron chi connectivity index (χ2n) is 4.51. The van der Waals surface area contributed by atoms with Crippen LogP contribution in [0.15, 0.2) is 30.3 Å². The van der Waals surface area contributed by atoms with E-state index in [1.807, 2.05) is 30.0 Å². The lowest BCUT2D eigenvalue weighted by Crippen LogP contribution is -2.48. The number of nitrogens with one attached hydrogen (secondary N) is 1. The van der Waals surface area contributed by atoms with Crippen LogP contribution in [-0.2, 0) is 10.5 Å². The van der Waals surface area contributed by atoms with Gasteiger partial charge in [0, 0.05) is 31.9 Å². The third kappa shape index (κ3) is 3.75. The van der Waals surface area contributed by atoms with E-state index in [0.29, 0.717) is 0 Å². The van der Waals surface area contributed by atoms with E-state index >= 15 is 0 Å². The Hall–Kier alpha value is -1.00. The van der Waals surface area contributed by atoms with Gasteiger partial charge in [0.25, 0.3) is 0 Å². The highest BCUT2D eigenvalue weighted by Crippen LogP contribution is 2.19. The van der Waals surface area contributed by atoms with Crippen LogP contribution in [0.2, 0.25) is 0 Å². The first-order valence-electron chi connectivity index (χ1n) is 6.42. The maximum Gasteiger partial charge on any atom is 0.235 e. The second-order valence-corrected chi connectivity index (χ2v) is 5.84. The average molecular weight is 264 g/mol.